The highest BCUT2D eigenvalue weighted by Crippen LogP contribution is 2.43. The average molecular weight is 289 g/mol. The van der Waals surface area contributed by atoms with Gasteiger partial charge in [0, 0.05) is 6.42 Å². The summed E-state index contributed by atoms with van der Waals surface area (Å²) in [6.45, 7) is 0. The smallest absolute Gasteiger partial charge is 0.238 e. The number of nitrogens with zero attached hydrogens (tertiary/aromatic N) is 3. The van der Waals surface area contributed by atoms with E-state index in [-0.39, 0.29) is 37.0 Å². The lowest BCUT2D eigenvalue weighted by molar-refractivity contribution is 0.0838. The van der Waals surface area contributed by atoms with Crippen LogP contribution in [0.25, 0.3) is 0 Å². The molecule has 0 amide bonds. The molecule has 4 nitrogen and oxygen atoms in total. The number of aromatic nitrogens is 3. The summed E-state index contributed by atoms with van der Waals surface area (Å²) in [6.07, 6.45) is -0.624. The van der Waals surface area contributed by atoms with Gasteiger partial charge >= 0.3 is 0 Å². The third-order valence-corrected chi connectivity index (χ3v) is 4.15. The Kier molecular flexibility index (Phi) is 2.52. The predicted molar refractivity (Wildman–Crippen MR) is 70.5 cm³/mol. The summed E-state index contributed by atoms with van der Waals surface area (Å²) in [4.78, 5) is 15.9. The lowest BCUT2D eigenvalue weighted by Crippen LogP contribution is -2.19. The van der Waals surface area contributed by atoms with Gasteiger partial charge < -0.3 is 0 Å². The van der Waals surface area contributed by atoms with Crippen LogP contribution >= 0.6 is 0 Å². The summed E-state index contributed by atoms with van der Waals surface area (Å²) < 4.78 is 29.4. The van der Waals surface area contributed by atoms with Crippen molar-refractivity contribution < 1.29 is 13.6 Å². The maximum Gasteiger partial charge on any atom is 0.238 e. The normalized spacial score (nSPS) is 25.6. The Morgan fingerprint density at radius 3 is 2.67 bits per heavy atom. The number of fused-ring (bicyclic) bond motifs is 1. The summed E-state index contributed by atoms with van der Waals surface area (Å²) >= 11 is 0. The Morgan fingerprint density at radius 1 is 1.29 bits per heavy atom. The van der Waals surface area contributed by atoms with Crippen LogP contribution in [0.4, 0.5) is 8.78 Å². The molecular formula is C15H13F2N3O. The number of alkyl halides is 2. The maximum atomic E-state index is 14.1. The van der Waals surface area contributed by atoms with Crippen molar-refractivity contribution in [1.82, 2.24) is 14.8 Å². The monoisotopic (exact) mass is 289 g/mol. The third-order valence-electron chi connectivity index (χ3n) is 4.15. The summed E-state index contributed by atoms with van der Waals surface area (Å²) in [5.41, 5.74) is -0.916. The quantitative estimate of drug-likeness (QED) is 0.816. The SMILES string of the molecule is O=C(c1nc2n(n1)[C@H](c1ccccc1)C[C@@H]2F)C1(F)CC1. The fraction of sp³-hybridized carbons (Fsp3) is 0.400. The highest BCUT2D eigenvalue weighted by Gasteiger charge is 2.53. The van der Waals surface area contributed by atoms with E-state index in [1.54, 1.807) is 0 Å². The Balaban J connectivity index is 1.73. The number of carbonyl (C=O) groups is 1. The molecule has 1 aliphatic carbocycles. The number of rotatable bonds is 3. The molecule has 21 heavy (non-hydrogen) atoms. The van der Waals surface area contributed by atoms with Gasteiger partial charge in [0.2, 0.25) is 11.6 Å². The largest absolute Gasteiger partial charge is 0.287 e. The lowest BCUT2D eigenvalue weighted by Gasteiger charge is -2.11. The van der Waals surface area contributed by atoms with Crippen LogP contribution in [0.15, 0.2) is 30.3 Å². The van der Waals surface area contributed by atoms with Gasteiger partial charge in [0.15, 0.2) is 17.7 Å². The minimum Gasteiger partial charge on any atom is -0.287 e. The number of benzene rings is 1. The zero-order valence-electron chi connectivity index (χ0n) is 11.2. The van der Waals surface area contributed by atoms with E-state index in [0.29, 0.717) is 0 Å². The number of hydrogen-bond acceptors (Lipinski definition) is 3. The maximum absolute atomic E-state index is 14.1. The second kappa shape index (κ2) is 4.19. The Labute approximate surface area is 119 Å². The fourth-order valence-corrected chi connectivity index (χ4v) is 2.77. The first-order chi connectivity index (χ1) is 10.1. The molecule has 4 rings (SSSR count). The first-order valence-corrected chi connectivity index (χ1v) is 6.98. The van der Waals surface area contributed by atoms with Crippen LogP contribution in [0.3, 0.4) is 0 Å². The molecular weight excluding hydrogens is 276 g/mol. The molecule has 6 heteroatoms. The van der Waals surface area contributed by atoms with E-state index in [1.165, 1.54) is 4.68 Å². The van der Waals surface area contributed by atoms with E-state index >= 15 is 0 Å². The summed E-state index contributed by atoms with van der Waals surface area (Å²) in [7, 11) is 0. The molecule has 1 aromatic carbocycles. The molecule has 0 bridgehead atoms. The molecule has 2 aliphatic rings. The van der Waals surface area contributed by atoms with Crippen molar-refractivity contribution in [2.24, 2.45) is 0 Å². The van der Waals surface area contributed by atoms with Crippen molar-refractivity contribution in [3.63, 3.8) is 0 Å². The van der Waals surface area contributed by atoms with Gasteiger partial charge in [0.25, 0.3) is 0 Å². The van der Waals surface area contributed by atoms with E-state index in [0.717, 1.165) is 5.56 Å². The van der Waals surface area contributed by atoms with E-state index in [2.05, 4.69) is 10.1 Å². The molecule has 1 fully saturated rings. The molecule has 0 spiro atoms. The second-order valence-corrected chi connectivity index (χ2v) is 5.66. The Hall–Kier alpha value is -2.11. The number of Topliss-reactive ketones (excluding diaryl/α,β-unsaturated/α-hetero) is 1. The molecule has 0 saturated heterocycles. The van der Waals surface area contributed by atoms with Gasteiger partial charge in [-0.15, -0.1) is 5.10 Å². The average Bonchev–Trinajstić information content (AvgIpc) is 2.98. The van der Waals surface area contributed by atoms with E-state index < -0.39 is 17.6 Å². The number of hydrogen-bond donors (Lipinski definition) is 0. The van der Waals surface area contributed by atoms with E-state index in [1.807, 2.05) is 30.3 Å². The molecule has 2 atom stereocenters. The second-order valence-electron chi connectivity index (χ2n) is 5.66. The van der Waals surface area contributed by atoms with Crippen LogP contribution in [0.5, 0.6) is 0 Å². The highest BCUT2D eigenvalue weighted by atomic mass is 19.1. The van der Waals surface area contributed by atoms with Crippen molar-refractivity contribution in [3.05, 3.63) is 47.5 Å². The predicted octanol–water partition coefficient (Wildman–Crippen LogP) is 2.97. The first kappa shape index (κ1) is 12.6. The molecule has 108 valence electrons. The molecule has 1 aromatic heterocycles. The molecule has 2 aromatic rings. The van der Waals surface area contributed by atoms with Crippen LogP contribution in [-0.4, -0.2) is 26.2 Å². The lowest BCUT2D eigenvalue weighted by atomic mass is 10.0. The van der Waals surface area contributed by atoms with Crippen molar-refractivity contribution in [3.8, 4) is 0 Å². The molecule has 0 N–H and O–H groups in total. The Bertz CT molecular complexity index is 709. The van der Waals surface area contributed by atoms with Crippen molar-refractivity contribution >= 4 is 5.78 Å². The molecule has 1 saturated carbocycles. The highest BCUT2D eigenvalue weighted by molar-refractivity contribution is 6.01. The summed E-state index contributed by atoms with van der Waals surface area (Å²) in [5, 5.41) is 4.08. The third kappa shape index (κ3) is 1.89. The first-order valence-electron chi connectivity index (χ1n) is 6.98. The molecule has 0 radical (unpaired) electrons. The van der Waals surface area contributed by atoms with Crippen LogP contribution in [-0.2, 0) is 0 Å². The minimum atomic E-state index is -1.82. The standard InChI is InChI=1S/C15H13F2N3O/c16-10-8-11(9-4-2-1-3-5-9)20-14(10)18-13(19-20)12(21)15(17)6-7-15/h1-5,10-11H,6-8H2/t10-,11-/m0/s1. The van der Waals surface area contributed by atoms with Gasteiger partial charge in [-0.2, -0.15) is 0 Å². The van der Waals surface area contributed by atoms with Gasteiger partial charge in [-0.05, 0) is 18.4 Å². The van der Waals surface area contributed by atoms with Gasteiger partial charge in [-0.3, -0.25) is 4.79 Å². The number of halogens is 2. The van der Waals surface area contributed by atoms with E-state index in [9.17, 15) is 13.6 Å². The topological polar surface area (TPSA) is 47.8 Å². The van der Waals surface area contributed by atoms with E-state index in [4.69, 9.17) is 0 Å². The zero-order valence-corrected chi connectivity index (χ0v) is 11.2. The van der Waals surface area contributed by atoms with Crippen molar-refractivity contribution in [2.75, 3.05) is 0 Å². The van der Waals surface area contributed by atoms with Gasteiger partial charge in [0.1, 0.15) is 0 Å². The zero-order chi connectivity index (χ0) is 14.6. The van der Waals surface area contributed by atoms with Gasteiger partial charge in [-0.25, -0.2) is 18.4 Å². The summed E-state index contributed by atoms with van der Waals surface area (Å²) in [5.74, 6) is -0.798. The molecule has 0 unspecified atom stereocenters. The minimum absolute atomic E-state index is 0.122. The van der Waals surface area contributed by atoms with Crippen molar-refractivity contribution in [2.45, 2.75) is 37.1 Å². The molecule has 1 aliphatic heterocycles. The fourth-order valence-electron chi connectivity index (χ4n) is 2.77. The number of ketones is 1. The van der Waals surface area contributed by atoms with Gasteiger partial charge in [-0.1, -0.05) is 30.3 Å². The number of carbonyl (C=O) groups excluding carboxylic acids is 1. The van der Waals surface area contributed by atoms with Crippen LogP contribution < -0.4 is 0 Å². The van der Waals surface area contributed by atoms with Crippen LogP contribution in [0.2, 0.25) is 0 Å². The van der Waals surface area contributed by atoms with Crippen LogP contribution in [0, 0.1) is 0 Å². The Morgan fingerprint density at radius 2 is 2.00 bits per heavy atom. The molecule has 2 heterocycles. The summed E-state index contributed by atoms with van der Waals surface area (Å²) in [6, 6.07) is 9.08. The van der Waals surface area contributed by atoms with Gasteiger partial charge in [0.05, 0.1) is 6.04 Å². The van der Waals surface area contributed by atoms with Crippen LogP contribution in [0.1, 0.15) is 53.5 Å². The van der Waals surface area contributed by atoms with Crippen molar-refractivity contribution in [1.29, 1.82) is 0 Å².